The molecule has 0 bridgehead atoms. The van der Waals surface area contributed by atoms with Crippen molar-refractivity contribution < 1.29 is 14.6 Å². The van der Waals surface area contributed by atoms with Crippen LogP contribution in [-0.2, 0) is 17.8 Å². The number of carboxylic acid groups (broad SMARTS) is 1. The zero-order valence-corrected chi connectivity index (χ0v) is 14.5. The van der Waals surface area contributed by atoms with E-state index < -0.39 is 5.97 Å². The lowest BCUT2D eigenvalue weighted by atomic mass is 10.0. The molecule has 130 valence electrons. The van der Waals surface area contributed by atoms with Crippen LogP contribution >= 0.6 is 0 Å². The first-order valence-corrected chi connectivity index (χ1v) is 8.61. The highest BCUT2D eigenvalue weighted by Gasteiger charge is 2.21. The molecule has 0 aliphatic heterocycles. The molecule has 0 fully saturated rings. The van der Waals surface area contributed by atoms with Crippen LogP contribution in [0.25, 0.3) is 16.5 Å². The summed E-state index contributed by atoms with van der Waals surface area (Å²) in [5, 5.41) is 10.3. The molecule has 0 spiro atoms. The minimum Gasteiger partial charge on any atom is -0.487 e. The van der Waals surface area contributed by atoms with Gasteiger partial charge in [0.05, 0.1) is 17.6 Å². The molecule has 1 heterocycles. The zero-order valence-electron chi connectivity index (χ0n) is 14.5. The molecule has 4 heteroatoms. The van der Waals surface area contributed by atoms with E-state index in [0.29, 0.717) is 6.61 Å². The van der Waals surface area contributed by atoms with E-state index in [9.17, 15) is 4.79 Å². The Balaban J connectivity index is 1.54. The lowest BCUT2D eigenvalue weighted by molar-refractivity contribution is -0.135. The van der Waals surface area contributed by atoms with Crippen molar-refractivity contribution in [1.82, 2.24) is 4.98 Å². The predicted octanol–water partition coefficient (Wildman–Crippen LogP) is 4.62. The highest BCUT2D eigenvalue weighted by Crippen LogP contribution is 2.37. The Morgan fingerprint density at radius 1 is 1.15 bits per heavy atom. The summed E-state index contributed by atoms with van der Waals surface area (Å²) in [6.07, 6.45) is 0.860. The van der Waals surface area contributed by atoms with Gasteiger partial charge >= 0.3 is 5.97 Å². The van der Waals surface area contributed by atoms with E-state index in [1.807, 2.05) is 61.5 Å². The molecule has 1 aliphatic rings. The first-order valence-electron chi connectivity index (χ1n) is 8.61. The Bertz CT molecular complexity index is 1040. The molecule has 0 radical (unpaired) electrons. The maximum absolute atomic E-state index is 11.1. The van der Waals surface area contributed by atoms with Gasteiger partial charge in [0, 0.05) is 5.39 Å². The first kappa shape index (κ1) is 16.3. The molecule has 26 heavy (non-hydrogen) atoms. The van der Waals surface area contributed by atoms with Gasteiger partial charge in [0.25, 0.3) is 0 Å². The van der Waals surface area contributed by atoms with Crippen LogP contribution in [0.4, 0.5) is 0 Å². The molecule has 1 N–H and O–H groups in total. The van der Waals surface area contributed by atoms with Crippen molar-refractivity contribution in [2.75, 3.05) is 0 Å². The van der Waals surface area contributed by atoms with Gasteiger partial charge in [-0.05, 0) is 54.3 Å². The van der Waals surface area contributed by atoms with Gasteiger partial charge in [0.15, 0.2) is 0 Å². The summed E-state index contributed by atoms with van der Waals surface area (Å²) < 4.78 is 5.92. The van der Waals surface area contributed by atoms with Gasteiger partial charge in [-0.3, -0.25) is 4.79 Å². The summed E-state index contributed by atoms with van der Waals surface area (Å²) in [6, 6.07) is 17.9. The molecule has 4 rings (SSSR count). The van der Waals surface area contributed by atoms with E-state index in [1.54, 1.807) is 0 Å². The molecule has 0 amide bonds. The molecule has 2 aromatic carbocycles. The van der Waals surface area contributed by atoms with Gasteiger partial charge in [0.1, 0.15) is 12.4 Å². The van der Waals surface area contributed by atoms with Crippen LogP contribution in [0.5, 0.6) is 5.75 Å². The van der Waals surface area contributed by atoms with Gasteiger partial charge in [-0.2, -0.15) is 0 Å². The first-order chi connectivity index (χ1) is 12.6. The van der Waals surface area contributed by atoms with Crippen molar-refractivity contribution in [3.63, 3.8) is 0 Å². The second-order valence-electron chi connectivity index (χ2n) is 6.61. The molecule has 0 atom stereocenters. The fourth-order valence-electron chi connectivity index (χ4n) is 3.45. The zero-order chi connectivity index (χ0) is 18.1. The molecule has 0 saturated carbocycles. The molecular formula is C22H19NO3. The number of carbonyl (C=O) groups is 1. The molecular weight excluding hydrogens is 326 g/mol. The molecule has 0 unspecified atom stereocenters. The van der Waals surface area contributed by atoms with Crippen LogP contribution in [0.2, 0.25) is 0 Å². The Hall–Kier alpha value is -3.14. The van der Waals surface area contributed by atoms with Crippen LogP contribution in [0.3, 0.4) is 0 Å². The third kappa shape index (κ3) is 3.18. The average Bonchev–Trinajstić information content (AvgIpc) is 2.94. The number of pyridine rings is 1. The van der Waals surface area contributed by atoms with Crippen molar-refractivity contribution in [1.29, 1.82) is 0 Å². The molecule has 1 aliphatic carbocycles. The van der Waals surface area contributed by atoms with Gasteiger partial charge in [-0.25, -0.2) is 4.98 Å². The number of nitrogens with zero attached hydrogens (tertiary/aromatic N) is 1. The summed E-state index contributed by atoms with van der Waals surface area (Å²) in [7, 11) is 0. The van der Waals surface area contributed by atoms with E-state index in [0.717, 1.165) is 51.0 Å². The molecule has 1 aromatic heterocycles. The van der Waals surface area contributed by atoms with Crippen LogP contribution in [0, 0.1) is 0 Å². The standard InChI is InChI=1S/C22H19NO3/c1-14-10-16-7-9-18(11-20(16)19(14)12-22(24)25)26-13-17-8-6-15-4-2-3-5-21(15)23-17/h2-9,11H,10,12-13H2,1H3,(H,24,25). The quantitative estimate of drug-likeness (QED) is 0.733. The Morgan fingerprint density at radius 3 is 2.85 bits per heavy atom. The van der Waals surface area contributed by atoms with Gasteiger partial charge < -0.3 is 9.84 Å². The van der Waals surface area contributed by atoms with E-state index in [4.69, 9.17) is 9.84 Å². The van der Waals surface area contributed by atoms with E-state index in [1.165, 1.54) is 0 Å². The summed E-state index contributed by atoms with van der Waals surface area (Å²) in [5.74, 6) is -0.0739. The Kier molecular flexibility index (Phi) is 4.17. The topological polar surface area (TPSA) is 59.4 Å². The minimum absolute atomic E-state index is 0.0501. The minimum atomic E-state index is -0.807. The molecule has 0 saturated heterocycles. The largest absolute Gasteiger partial charge is 0.487 e. The van der Waals surface area contributed by atoms with E-state index >= 15 is 0 Å². The fraction of sp³-hybridized carbons (Fsp3) is 0.182. The Labute approximate surface area is 151 Å². The number of hydrogen-bond acceptors (Lipinski definition) is 3. The summed E-state index contributed by atoms with van der Waals surface area (Å²) >= 11 is 0. The number of rotatable bonds is 5. The maximum Gasteiger partial charge on any atom is 0.307 e. The number of carboxylic acids is 1. The Morgan fingerprint density at radius 2 is 2.00 bits per heavy atom. The highest BCUT2D eigenvalue weighted by molar-refractivity contribution is 5.88. The number of para-hydroxylation sites is 1. The molecule has 3 aromatic rings. The number of allylic oxidation sites excluding steroid dienone is 1. The van der Waals surface area contributed by atoms with Crippen molar-refractivity contribution >= 4 is 22.4 Å². The summed E-state index contributed by atoms with van der Waals surface area (Å²) in [5.41, 5.74) is 5.99. The van der Waals surface area contributed by atoms with Crippen LogP contribution < -0.4 is 4.74 Å². The van der Waals surface area contributed by atoms with Crippen molar-refractivity contribution in [3.05, 3.63) is 77.0 Å². The van der Waals surface area contributed by atoms with Crippen LogP contribution in [0.1, 0.15) is 30.2 Å². The normalized spacial score (nSPS) is 13.1. The monoisotopic (exact) mass is 345 g/mol. The van der Waals surface area contributed by atoms with Gasteiger partial charge in [0.2, 0.25) is 0 Å². The third-order valence-corrected chi connectivity index (χ3v) is 4.75. The number of fused-ring (bicyclic) bond motifs is 2. The third-order valence-electron chi connectivity index (χ3n) is 4.75. The van der Waals surface area contributed by atoms with Crippen molar-refractivity contribution in [2.45, 2.75) is 26.4 Å². The highest BCUT2D eigenvalue weighted by atomic mass is 16.5. The van der Waals surface area contributed by atoms with Crippen LogP contribution in [0.15, 0.2) is 60.2 Å². The number of benzene rings is 2. The van der Waals surface area contributed by atoms with E-state index in [-0.39, 0.29) is 6.42 Å². The number of ether oxygens (including phenoxy) is 1. The number of hydrogen-bond donors (Lipinski definition) is 1. The van der Waals surface area contributed by atoms with Crippen molar-refractivity contribution in [3.8, 4) is 5.75 Å². The number of aliphatic carboxylic acids is 1. The fourth-order valence-corrected chi connectivity index (χ4v) is 3.45. The van der Waals surface area contributed by atoms with Gasteiger partial charge in [-0.15, -0.1) is 0 Å². The van der Waals surface area contributed by atoms with E-state index in [2.05, 4.69) is 4.98 Å². The lowest BCUT2D eigenvalue weighted by Crippen LogP contribution is -2.00. The predicted molar refractivity (Wildman–Crippen MR) is 101 cm³/mol. The number of aromatic nitrogens is 1. The SMILES string of the molecule is CC1=C(CC(=O)O)c2cc(OCc3ccc4ccccc4n3)ccc2C1. The second-order valence-corrected chi connectivity index (χ2v) is 6.61. The summed E-state index contributed by atoms with van der Waals surface area (Å²) in [4.78, 5) is 15.8. The average molecular weight is 345 g/mol. The summed E-state index contributed by atoms with van der Waals surface area (Å²) in [6.45, 7) is 2.37. The van der Waals surface area contributed by atoms with Crippen molar-refractivity contribution in [2.24, 2.45) is 0 Å². The van der Waals surface area contributed by atoms with Gasteiger partial charge in [-0.1, -0.05) is 35.9 Å². The second kappa shape index (κ2) is 6.64. The lowest BCUT2D eigenvalue weighted by Gasteiger charge is -2.10. The molecule has 4 nitrogen and oxygen atoms in total. The van der Waals surface area contributed by atoms with Crippen LogP contribution in [-0.4, -0.2) is 16.1 Å². The maximum atomic E-state index is 11.1. The smallest absolute Gasteiger partial charge is 0.307 e.